The van der Waals surface area contributed by atoms with Crippen LogP contribution in [0.4, 0.5) is 11.4 Å². The van der Waals surface area contributed by atoms with Crippen molar-refractivity contribution in [3.8, 4) is 5.75 Å². The molecule has 0 aromatic heterocycles. The highest BCUT2D eigenvalue weighted by Crippen LogP contribution is 2.29. The van der Waals surface area contributed by atoms with Crippen molar-refractivity contribution < 1.29 is 13.2 Å². The first-order chi connectivity index (χ1) is 9.44. The number of sulfonamides is 1. The highest BCUT2D eigenvalue weighted by Gasteiger charge is 2.17. The molecule has 7 heteroatoms. The van der Waals surface area contributed by atoms with Gasteiger partial charge in [0, 0.05) is 0 Å². The van der Waals surface area contributed by atoms with Crippen LogP contribution in [-0.4, -0.2) is 15.5 Å². The van der Waals surface area contributed by atoms with Gasteiger partial charge in [0.05, 0.1) is 23.5 Å². The second-order valence-electron chi connectivity index (χ2n) is 3.99. The Bertz CT molecular complexity index is 732. The van der Waals surface area contributed by atoms with Crippen molar-refractivity contribution >= 4 is 33.0 Å². The minimum atomic E-state index is -3.75. The number of nitrogen functional groups attached to an aromatic ring is 1. The molecule has 0 bridgehead atoms. The number of para-hydroxylation sites is 1. The molecule has 0 atom stereocenters. The fourth-order valence-corrected chi connectivity index (χ4v) is 3.11. The smallest absolute Gasteiger partial charge is 0.263 e. The van der Waals surface area contributed by atoms with E-state index < -0.39 is 10.0 Å². The predicted octanol–water partition coefficient (Wildman–Crippen LogP) is 2.73. The molecule has 0 spiro atoms. The van der Waals surface area contributed by atoms with Crippen LogP contribution in [0.2, 0.25) is 5.02 Å². The van der Waals surface area contributed by atoms with Crippen molar-refractivity contribution in [2.24, 2.45) is 0 Å². The average molecular weight is 313 g/mol. The van der Waals surface area contributed by atoms with E-state index in [1.54, 1.807) is 24.3 Å². The summed E-state index contributed by atoms with van der Waals surface area (Å²) >= 11 is 5.95. The SMILES string of the molecule is COc1ccc(NS(=O)(=O)c2ccccc2N)cc1Cl. The zero-order chi connectivity index (χ0) is 14.8. The molecule has 2 aromatic rings. The zero-order valence-electron chi connectivity index (χ0n) is 10.6. The first-order valence-corrected chi connectivity index (χ1v) is 7.51. The van der Waals surface area contributed by atoms with Gasteiger partial charge in [0.2, 0.25) is 0 Å². The molecule has 0 aliphatic heterocycles. The molecule has 0 radical (unpaired) electrons. The summed E-state index contributed by atoms with van der Waals surface area (Å²) in [5.41, 5.74) is 6.18. The van der Waals surface area contributed by atoms with Crippen molar-refractivity contribution in [2.45, 2.75) is 4.90 Å². The Labute approximate surface area is 122 Å². The molecule has 20 heavy (non-hydrogen) atoms. The molecule has 2 aromatic carbocycles. The van der Waals surface area contributed by atoms with E-state index in [-0.39, 0.29) is 10.6 Å². The third kappa shape index (κ3) is 2.97. The highest BCUT2D eigenvalue weighted by molar-refractivity contribution is 7.92. The number of benzene rings is 2. The second kappa shape index (κ2) is 5.60. The van der Waals surface area contributed by atoms with Gasteiger partial charge in [0.25, 0.3) is 10.0 Å². The Hall–Kier alpha value is -1.92. The lowest BCUT2D eigenvalue weighted by atomic mass is 10.3. The van der Waals surface area contributed by atoms with Crippen molar-refractivity contribution in [1.29, 1.82) is 0 Å². The van der Waals surface area contributed by atoms with Gasteiger partial charge in [0.15, 0.2) is 0 Å². The van der Waals surface area contributed by atoms with Crippen LogP contribution < -0.4 is 15.2 Å². The fourth-order valence-electron chi connectivity index (χ4n) is 1.67. The Balaban J connectivity index is 2.34. The zero-order valence-corrected chi connectivity index (χ0v) is 12.2. The molecule has 106 valence electrons. The minimum Gasteiger partial charge on any atom is -0.495 e. The van der Waals surface area contributed by atoms with E-state index in [0.717, 1.165) is 0 Å². The third-order valence-electron chi connectivity index (χ3n) is 2.61. The summed E-state index contributed by atoms with van der Waals surface area (Å²) in [4.78, 5) is 0.0203. The lowest BCUT2D eigenvalue weighted by molar-refractivity contribution is 0.415. The Morgan fingerprint density at radius 1 is 1.20 bits per heavy atom. The maximum absolute atomic E-state index is 12.2. The molecule has 0 aliphatic rings. The van der Waals surface area contributed by atoms with E-state index in [9.17, 15) is 8.42 Å². The van der Waals surface area contributed by atoms with E-state index >= 15 is 0 Å². The number of nitrogens with one attached hydrogen (secondary N) is 1. The van der Waals surface area contributed by atoms with Crippen LogP contribution in [0.15, 0.2) is 47.4 Å². The standard InChI is InChI=1S/C13H13ClN2O3S/c1-19-12-7-6-9(8-10(12)14)16-20(17,18)13-5-3-2-4-11(13)15/h2-8,16H,15H2,1H3. The van der Waals surface area contributed by atoms with Gasteiger partial charge in [0.1, 0.15) is 10.6 Å². The maximum Gasteiger partial charge on any atom is 0.263 e. The molecule has 0 saturated carbocycles. The molecule has 0 fully saturated rings. The van der Waals surface area contributed by atoms with Crippen LogP contribution >= 0.6 is 11.6 Å². The van der Waals surface area contributed by atoms with E-state index in [2.05, 4.69) is 4.72 Å². The maximum atomic E-state index is 12.2. The lowest BCUT2D eigenvalue weighted by Crippen LogP contribution is -2.14. The molecule has 0 heterocycles. The van der Waals surface area contributed by atoms with Gasteiger partial charge in [-0.1, -0.05) is 23.7 Å². The number of rotatable bonds is 4. The number of hydrogen-bond acceptors (Lipinski definition) is 4. The van der Waals surface area contributed by atoms with Gasteiger partial charge in [-0.25, -0.2) is 8.42 Å². The van der Waals surface area contributed by atoms with Crippen molar-refractivity contribution in [3.05, 3.63) is 47.5 Å². The molecule has 5 nitrogen and oxygen atoms in total. The molecule has 3 N–H and O–H groups in total. The van der Waals surface area contributed by atoms with Gasteiger partial charge in [-0.2, -0.15) is 0 Å². The lowest BCUT2D eigenvalue weighted by Gasteiger charge is -2.11. The normalized spacial score (nSPS) is 11.1. The van der Waals surface area contributed by atoms with Gasteiger partial charge < -0.3 is 10.5 Å². The van der Waals surface area contributed by atoms with Crippen LogP contribution in [0, 0.1) is 0 Å². The quantitative estimate of drug-likeness (QED) is 0.851. The average Bonchev–Trinajstić information content (AvgIpc) is 2.38. The number of hydrogen-bond donors (Lipinski definition) is 2. The number of methoxy groups -OCH3 is 1. The highest BCUT2D eigenvalue weighted by atomic mass is 35.5. The number of anilines is 2. The van der Waals surface area contributed by atoms with Gasteiger partial charge in [-0.05, 0) is 30.3 Å². The minimum absolute atomic E-state index is 0.0203. The van der Waals surface area contributed by atoms with E-state index in [1.165, 1.54) is 25.3 Å². The van der Waals surface area contributed by atoms with E-state index in [4.69, 9.17) is 22.1 Å². The van der Waals surface area contributed by atoms with Gasteiger partial charge in [-0.3, -0.25) is 4.72 Å². The third-order valence-corrected chi connectivity index (χ3v) is 4.36. The number of halogens is 1. The fraction of sp³-hybridized carbons (Fsp3) is 0.0769. The molecule has 2 rings (SSSR count). The summed E-state index contributed by atoms with van der Waals surface area (Å²) in [5.74, 6) is 0.467. The topological polar surface area (TPSA) is 81.4 Å². The first kappa shape index (κ1) is 14.5. The number of ether oxygens (including phenoxy) is 1. The van der Waals surface area contributed by atoms with Crippen LogP contribution in [-0.2, 0) is 10.0 Å². The molecular formula is C13H13ClN2O3S. The first-order valence-electron chi connectivity index (χ1n) is 5.65. The van der Waals surface area contributed by atoms with Crippen LogP contribution in [0.3, 0.4) is 0 Å². The summed E-state index contributed by atoms with van der Waals surface area (Å²) in [6.07, 6.45) is 0. The van der Waals surface area contributed by atoms with Gasteiger partial charge in [-0.15, -0.1) is 0 Å². The van der Waals surface area contributed by atoms with Crippen molar-refractivity contribution in [3.63, 3.8) is 0 Å². The second-order valence-corrected chi connectivity index (χ2v) is 6.05. The van der Waals surface area contributed by atoms with Crippen LogP contribution in [0.5, 0.6) is 5.75 Å². The van der Waals surface area contributed by atoms with Gasteiger partial charge >= 0.3 is 0 Å². The predicted molar refractivity (Wildman–Crippen MR) is 79.7 cm³/mol. The Morgan fingerprint density at radius 2 is 1.90 bits per heavy atom. The molecule has 0 amide bonds. The Morgan fingerprint density at radius 3 is 2.50 bits per heavy atom. The Kier molecular flexibility index (Phi) is 4.06. The monoisotopic (exact) mass is 312 g/mol. The summed E-state index contributed by atoms with van der Waals surface area (Å²) in [7, 11) is -2.27. The van der Waals surface area contributed by atoms with Crippen molar-refractivity contribution in [2.75, 3.05) is 17.6 Å². The van der Waals surface area contributed by atoms with Crippen LogP contribution in [0.1, 0.15) is 0 Å². The number of nitrogens with two attached hydrogens (primary N) is 1. The summed E-state index contributed by atoms with van der Waals surface area (Å²) in [5, 5.41) is 0.314. The van der Waals surface area contributed by atoms with E-state index in [1.807, 2.05) is 0 Å². The molecule has 0 aliphatic carbocycles. The molecule has 0 saturated heterocycles. The summed E-state index contributed by atoms with van der Waals surface area (Å²) in [6, 6.07) is 10.8. The van der Waals surface area contributed by atoms with Crippen LogP contribution in [0.25, 0.3) is 0 Å². The van der Waals surface area contributed by atoms with E-state index in [0.29, 0.717) is 16.5 Å². The largest absolute Gasteiger partial charge is 0.495 e. The molecule has 0 unspecified atom stereocenters. The van der Waals surface area contributed by atoms with Crippen molar-refractivity contribution in [1.82, 2.24) is 0 Å². The summed E-state index contributed by atoms with van der Waals surface area (Å²) < 4.78 is 31.9. The summed E-state index contributed by atoms with van der Waals surface area (Å²) in [6.45, 7) is 0. The molecular weight excluding hydrogens is 300 g/mol.